The van der Waals surface area contributed by atoms with Gasteiger partial charge in [-0.1, -0.05) is 78.0 Å². The van der Waals surface area contributed by atoms with Gasteiger partial charge in [0.25, 0.3) is 5.56 Å². The standard InChI is InChI=1S/C31H43N3O7Si/c1-7-22-20-34(29(37)32-28(22)36)31(42(23-14-10-8-11-15-23)24-16-12-9-13-17-24)27(38-18-19-40-33(5)6)26(35)25(41-31)21-39-30(2,3)4/h8-17,20,25-27,35,42H,7,18-19,21H2,1-6H3,(H,32,36,37)/t25-,26-,27-,31+/m1/s1. The molecular formula is C31H43N3O7Si. The number of aryl methyl sites for hydroxylation is 1. The van der Waals surface area contributed by atoms with Crippen LogP contribution in [-0.2, 0) is 30.8 Å². The maximum Gasteiger partial charge on any atom is 0.330 e. The Labute approximate surface area is 248 Å². The number of ether oxygens (including phenoxy) is 3. The van der Waals surface area contributed by atoms with Gasteiger partial charge in [0.2, 0.25) is 0 Å². The van der Waals surface area contributed by atoms with E-state index in [-0.39, 0.29) is 19.8 Å². The number of aliphatic hydroxyl groups excluding tert-OH is 1. The van der Waals surface area contributed by atoms with E-state index in [1.165, 1.54) is 4.57 Å². The number of rotatable bonds is 12. The first-order valence-corrected chi connectivity index (χ1v) is 16.1. The van der Waals surface area contributed by atoms with Crippen molar-refractivity contribution in [3.05, 3.63) is 93.3 Å². The van der Waals surface area contributed by atoms with Crippen molar-refractivity contribution in [2.75, 3.05) is 33.9 Å². The number of aromatic amines is 1. The SMILES string of the molecule is CCc1cn([C@]2([SiH](c3ccccc3)c3ccccc3)O[C@H](COC(C)(C)C)[C@@H](O)[C@H]2OCCON(C)C)c(=O)[nH]c1=O. The van der Waals surface area contributed by atoms with E-state index >= 15 is 0 Å². The predicted octanol–water partition coefficient (Wildman–Crippen LogP) is 0.786. The van der Waals surface area contributed by atoms with Crippen LogP contribution in [0.2, 0.25) is 0 Å². The van der Waals surface area contributed by atoms with Crippen molar-refractivity contribution in [3.63, 3.8) is 0 Å². The molecule has 10 nitrogen and oxygen atoms in total. The number of nitrogens with one attached hydrogen (secondary N) is 1. The molecule has 0 aliphatic carbocycles. The topological polar surface area (TPSA) is 115 Å². The molecule has 0 amide bonds. The van der Waals surface area contributed by atoms with Gasteiger partial charge in [-0.05, 0) is 27.2 Å². The zero-order valence-electron chi connectivity index (χ0n) is 25.3. The van der Waals surface area contributed by atoms with E-state index in [0.29, 0.717) is 12.0 Å². The van der Waals surface area contributed by atoms with Crippen LogP contribution in [0.3, 0.4) is 0 Å². The number of hydrogen-bond acceptors (Lipinski definition) is 8. The van der Waals surface area contributed by atoms with Crippen LogP contribution < -0.4 is 21.6 Å². The lowest BCUT2D eigenvalue weighted by Gasteiger charge is -2.42. The van der Waals surface area contributed by atoms with Crippen LogP contribution in [0.1, 0.15) is 33.3 Å². The van der Waals surface area contributed by atoms with E-state index in [4.69, 9.17) is 19.0 Å². The normalized spacial score (nSPS) is 22.7. The summed E-state index contributed by atoms with van der Waals surface area (Å²) >= 11 is 0. The Kier molecular flexibility index (Phi) is 10.4. The molecule has 0 bridgehead atoms. The second kappa shape index (κ2) is 13.6. The van der Waals surface area contributed by atoms with Crippen LogP contribution in [0.4, 0.5) is 0 Å². The van der Waals surface area contributed by atoms with Crippen LogP contribution in [0, 0.1) is 0 Å². The molecule has 1 fully saturated rings. The Morgan fingerprint density at radius 1 is 1.02 bits per heavy atom. The zero-order valence-corrected chi connectivity index (χ0v) is 26.4. The molecule has 1 aromatic heterocycles. The van der Waals surface area contributed by atoms with E-state index in [9.17, 15) is 14.7 Å². The van der Waals surface area contributed by atoms with Crippen molar-refractivity contribution in [2.24, 2.45) is 0 Å². The summed E-state index contributed by atoms with van der Waals surface area (Å²) in [5, 5.41) is 14.0. The molecule has 1 aliphatic heterocycles. The Morgan fingerprint density at radius 2 is 1.62 bits per heavy atom. The Morgan fingerprint density at radius 3 is 2.14 bits per heavy atom. The molecule has 0 unspecified atom stereocenters. The molecule has 11 heteroatoms. The van der Waals surface area contributed by atoms with Crippen molar-refractivity contribution in [1.82, 2.24) is 14.6 Å². The molecule has 2 aromatic carbocycles. The molecule has 1 saturated heterocycles. The highest BCUT2D eigenvalue weighted by Crippen LogP contribution is 2.40. The first kappa shape index (κ1) is 32.0. The highest BCUT2D eigenvalue weighted by molar-refractivity contribution is 6.86. The molecule has 228 valence electrons. The quantitative estimate of drug-likeness (QED) is 0.179. The molecule has 3 aromatic rings. The first-order chi connectivity index (χ1) is 20.0. The monoisotopic (exact) mass is 597 g/mol. The number of H-pyrrole nitrogens is 1. The van der Waals surface area contributed by atoms with Gasteiger partial charge in [-0.15, -0.1) is 0 Å². The fourth-order valence-corrected chi connectivity index (χ4v) is 9.40. The van der Waals surface area contributed by atoms with Gasteiger partial charge in [-0.3, -0.25) is 19.2 Å². The molecule has 0 spiro atoms. The lowest BCUT2D eigenvalue weighted by Crippen LogP contribution is -2.69. The minimum absolute atomic E-state index is 0.0733. The highest BCUT2D eigenvalue weighted by Gasteiger charge is 2.62. The van der Waals surface area contributed by atoms with Gasteiger partial charge >= 0.3 is 5.69 Å². The lowest BCUT2D eigenvalue weighted by molar-refractivity contribution is -0.159. The van der Waals surface area contributed by atoms with Gasteiger partial charge in [0.15, 0.2) is 14.1 Å². The second-order valence-corrected chi connectivity index (χ2v) is 14.7. The third kappa shape index (κ3) is 7.00. The van der Waals surface area contributed by atoms with E-state index in [2.05, 4.69) is 4.98 Å². The summed E-state index contributed by atoms with van der Waals surface area (Å²) in [6.45, 7) is 8.06. The van der Waals surface area contributed by atoms with Crippen molar-refractivity contribution < 1.29 is 24.2 Å². The maximum atomic E-state index is 13.8. The molecule has 42 heavy (non-hydrogen) atoms. The molecule has 1 aliphatic rings. The summed E-state index contributed by atoms with van der Waals surface area (Å²) in [5.74, 6) is 0. The molecule has 4 rings (SSSR count). The molecule has 2 heterocycles. The van der Waals surface area contributed by atoms with Crippen molar-refractivity contribution >= 4 is 19.2 Å². The summed E-state index contributed by atoms with van der Waals surface area (Å²) in [5.41, 5.74) is -1.16. The number of benzene rings is 2. The second-order valence-electron chi connectivity index (χ2n) is 11.7. The van der Waals surface area contributed by atoms with Crippen LogP contribution in [-0.4, -0.2) is 86.3 Å². The van der Waals surface area contributed by atoms with Crippen molar-refractivity contribution in [1.29, 1.82) is 0 Å². The van der Waals surface area contributed by atoms with Crippen molar-refractivity contribution in [2.45, 2.75) is 63.4 Å². The van der Waals surface area contributed by atoms with Gasteiger partial charge in [0, 0.05) is 25.9 Å². The summed E-state index contributed by atoms with van der Waals surface area (Å²) in [4.78, 5) is 34.6. The maximum absolute atomic E-state index is 13.8. The van der Waals surface area contributed by atoms with Gasteiger partial charge in [0.05, 0.1) is 25.4 Å². The summed E-state index contributed by atoms with van der Waals surface area (Å²) in [7, 11) is 0.864. The molecule has 0 saturated carbocycles. The van der Waals surface area contributed by atoms with Crippen molar-refractivity contribution in [3.8, 4) is 0 Å². The summed E-state index contributed by atoms with van der Waals surface area (Å²) < 4.78 is 21.0. The minimum atomic E-state index is -2.69. The smallest absolute Gasteiger partial charge is 0.330 e. The highest BCUT2D eigenvalue weighted by atomic mass is 28.3. The zero-order chi connectivity index (χ0) is 30.5. The Bertz CT molecular complexity index is 1370. The molecular weight excluding hydrogens is 554 g/mol. The van der Waals surface area contributed by atoms with Gasteiger partial charge in [0.1, 0.15) is 18.3 Å². The summed E-state index contributed by atoms with van der Waals surface area (Å²) in [6, 6.07) is 19.7. The fourth-order valence-electron chi connectivity index (χ4n) is 5.44. The number of aliphatic hydroxyl groups is 1. The Hall–Kier alpha value is -2.90. The van der Waals surface area contributed by atoms with Crippen LogP contribution >= 0.6 is 0 Å². The first-order valence-electron chi connectivity index (χ1n) is 14.3. The molecule has 2 N–H and O–H groups in total. The fraction of sp³-hybridized carbons (Fsp3) is 0.484. The van der Waals surface area contributed by atoms with Gasteiger partial charge in [-0.25, -0.2) is 4.79 Å². The predicted molar refractivity (Wildman–Crippen MR) is 164 cm³/mol. The largest absolute Gasteiger partial charge is 0.387 e. The van der Waals surface area contributed by atoms with E-state index in [0.717, 1.165) is 10.4 Å². The van der Waals surface area contributed by atoms with Crippen LogP contribution in [0.25, 0.3) is 0 Å². The lowest BCUT2D eigenvalue weighted by atomic mass is 10.1. The van der Waals surface area contributed by atoms with Gasteiger partial charge < -0.3 is 19.3 Å². The van der Waals surface area contributed by atoms with E-state index in [1.54, 1.807) is 25.4 Å². The average Bonchev–Trinajstić information content (AvgIpc) is 3.22. The average molecular weight is 598 g/mol. The number of aromatic nitrogens is 2. The minimum Gasteiger partial charge on any atom is -0.387 e. The number of hydroxylamine groups is 2. The summed E-state index contributed by atoms with van der Waals surface area (Å²) in [6.07, 6.45) is -1.01. The number of nitrogens with zero attached hydrogens (tertiary/aromatic N) is 2. The number of hydrogen-bond donors (Lipinski definition) is 2. The Balaban J connectivity index is 2.00. The molecule has 0 radical (unpaired) electrons. The third-order valence-electron chi connectivity index (χ3n) is 7.30. The van der Waals surface area contributed by atoms with E-state index < -0.39 is 49.3 Å². The van der Waals surface area contributed by atoms with E-state index in [1.807, 2.05) is 88.4 Å². The van der Waals surface area contributed by atoms with Gasteiger partial charge in [-0.2, -0.15) is 5.06 Å². The van der Waals surface area contributed by atoms with Crippen LogP contribution in [0.15, 0.2) is 76.4 Å². The van der Waals surface area contributed by atoms with Crippen LogP contribution in [0.5, 0.6) is 0 Å². The molecule has 4 atom stereocenters. The third-order valence-corrected chi connectivity index (χ3v) is 11.0.